The van der Waals surface area contributed by atoms with Crippen molar-refractivity contribution in [2.75, 3.05) is 4.72 Å². The molecule has 0 fully saturated rings. The molecular formula is C15H10ClN3O4S. The van der Waals surface area contributed by atoms with Gasteiger partial charge in [0.1, 0.15) is 0 Å². The molecule has 0 saturated heterocycles. The number of nitrogens with one attached hydrogen (secondary N) is 1. The first kappa shape index (κ1) is 16.2. The van der Waals surface area contributed by atoms with Crippen LogP contribution in [0.3, 0.4) is 0 Å². The Morgan fingerprint density at radius 1 is 1.12 bits per heavy atom. The second-order valence-corrected chi connectivity index (χ2v) is 6.90. The highest BCUT2D eigenvalue weighted by atomic mass is 35.5. The average Bonchev–Trinajstić information content (AvgIpc) is 2.55. The van der Waals surface area contributed by atoms with E-state index in [1.807, 2.05) is 12.1 Å². The minimum Gasteiger partial charge on any atom is -0.476 e. The zero-order valence-corrected chi connectivity index (χ0v) is 13.5. The van der Waals surface area contributed by atoms with Crippen molar-refractivity contribution in [1.82, 2.24) is 9.97 Å². The van der Waals surface area contributed by atoms with Crippen molar-refractivity contribution in [3.05, 3.63) is 59.4 Å². The Bertz CT molecular complexity index is 1050. The van der Waals surface area contributed by atoms with Gasteiger partial charge in [-0.25, -0.2) is 27.9 Å². The van der Waals surface area contributed by atoms with Gasteiger partial charge in [0.05, 0.1) is 16.1 Å². The van der Waals surface area contributed by atoms with E-state index in [0.717, 1.165) is 17.0 Å². The van der Waals surface area contributed by atoms with E-state index in [4.69, 9.17) is 16.7 Å². The number of carboxylic acid groups (broad SMARTS) is 1. The molecule has 122 valence electrons. The van der Waals surface area contributed by atoms with Gasteiger partial charge < -0.3 is 5.11 Å². The fourth-order valence-electron chi connectivity index (χ4n) is 2.08. The maximum Gasteiger partial charge on any atom is 0.356 e. The van der Waals surface area contributed by atoms with Crippen LogP contribution < -0.4 is 4.72 Å². The molecule has 2 N–H and O–H groups in total. The fourth-order valence-corrected chi connectivity index (χ4v) is 3.24. The number of benzene rings is 2. The molecule has 0 unspecified atom stereocenters. The number of nitrogens with zero attached hydrogens (tertiary/aromatic N) is 2. The Balaban J connectivity index is 1.98. The van der Waals surface area contributed by atoms with Crippen LogP contribution in [-0.2, 0) is 10.0 Å². The number of hydrogen-bond donors (Lipinski definition) is 2. The van der Waals surface area contributed by atoms with Gasteiger partial charge in [0.25, 0.3) is 10.0 Å². The lowest BCUT2D eigenvalue weighted by Gasteiger charge is -2.08. The van der Waals surface area contributed by atoms with Crippen molar-refractivity contribution in [2.24, 2.45) is 0 Å². The first-order valence-electron chi connectivity index (χ1n) is 6.64. The third-order valence-electron chi connectivity index (χ3n) is 3.20. The number of anilines is 1. The summed E-state index contributed by atoms with van der Waals surface area (Å²) in [4.78, 5) is 18.3. The number of hydrogen-bond acceptors (Lipinski definition) is 5. The summed E-state index contributed by atoms with van der Waals surface area (Å²) in [5.41, 5.74) is -0.483. The molecule has 24 heavy (non-hydrogen) atoms. The molecule has 7 nitrogen and oxygen atoms in total. The highest BCUT2D eigenvalue weighted by Gasteiger charge is 2.19. The number of rotatable bonds is 4. The molecule has 3 aromatic rings. The largest absolute Gasteiger partial charge is 0.476 e. The number of aromatic nitrogens is 2. The molecule has 0 saturated carbocycles. The predicted octanol–water partition coefficient (Wildman–Crippen LogP) is 2.78. The molecule has 1 aromatic heterocycles. The van der Waals surface area contributed by atoms with E-state index in [0.29, 0.717) is 0 Å². The normalized spacial score (nSPS) is 11.4. The number of halogens is 1. The molecule has 0 spiro atoms. The second-order valence-electron chi connectivity index (χ2n) is 4.81. The maximum atomic E-state index is 12.4. The Kier molecular flexibility index (Phi) is 4.08. The topological polar surface area (TPSA) is 109 Å². The second kappa shape index (κ2) is 6.06. The molecule has 1 heterocycles. The van der Waals surface area contributed by atoms with Gasteiger partial charge in [-0.3, -0.25) is 0 Å². The summed E-state index contributed by atoms with van der Waals surface area (Å²) in [5, 5.41) is 10.4. The Morgan fingerprint density at radius 2 is 1.83 bits per heavy atom. The molecule has 0 atom stereocenters. The minimum absolute atomic E-state index is 0.0108. The van der Waals surface area contributed by atoms with Crippen LogP contribution in [0.1, 0.15) is 10.5 Å². The molecule has 2 aromatic carbocycles. The van der Waals surface area contributed by atoms with E-state index in [-0.39, 0.29) is 15.9 Å². The van der Waals surface area contributed by atoms with Crippen LogP contribution in [0, 0.1) is 0 Å². The van der Waals surface area contributed by atoms with Crippen LogP contribution >= 0.6 is 11.6 Å². The molecule has 0 radical (unpaired) electrons. The summed E-state index contributed by atoms with van der Waals surface area (Å²) in [6.45, 7) is 0. The van der Waals surface area contributed by atoms with Gasteiger partial charge in [-0.1, -0.05) is 41.9 Å². The fraction of sp³-hybridized carbons (Fsp3) is 0. The molecule has 0 aliphatic heterocycles. The zero-order chi connectivity index (χ0) is 17.3. The van der Waals surface area contributed by atoms with Crippen molar-refractivity contribution < 1.29 is 18.3 Å². The standard InChI is InChI=1S/C15H10ClN3O4S/c16-12-8-17-15(18-13(12)14(20)21)19-24(22,23)11-6-5-9-3-1-2-4-10(9)7-11/h1-8H,(H,20,21)(H,17,18,19). The van der Waals surface area contributed by atoms with Crippen LogP contribution in [-0.4, -0.2) is 29.5 Å². The van der Waals surface area contributed by atoms with Crippen LogP contribution in [0.15, 0.2) is 53.6 Å². The van der Waals surface area contributed by atoms with Crippen molar-refractivity contribution in [2.45, 2.75) is 4.90 Å². The smallest absolute Gasteiger partial charge is 0.356 e. The summed E-state index contributed by atoms with van der Waals surface area (Å²) >= 11 is 5.66. The zero-order valence-electron chi connectivity index (χ0n) is 12.0. The maximum absolute atomic E-state index is 12.4. The van der Waals surface area contributed by atoms with Crippen molar-refractivity contribution in [1.29, 1.82) is 0 Å². The lowest BCUT2D eigenvalue weighted by molar-refractivity contribution is 0.0690. The molecule has 0 amide bonds. The summed E-state index contributed by atoms with van der Waals surface area (Å²) < 4.78 is 27.0. The molecule has 9 heteroatoms. The van der Waals surface area contributed by atoms with Crippen molar-refractivity contribution in [3.63, 3.8) is 0 Å². The van der Waals surface area contributed by atoms with E-state index in [1.165, 1.54) is 12.1 Å². The predicted molar refractivity (Wildman–Crippen MR) is 88.8 cm³/mol. The van der Waals surface area contributed by atoms with Crippen molar-refractivity contribution in [3.8, 4) is 0 Å². The van der Waals surface area contributed by atoms with Crippen LogP contribution in [0.25, 0.3) is 10.8 Å². The molecule has 0 aliphatic carbocycles. The number of carbonyl (C=O) groups is 1. The van der Waals surface area contributed by atoms with E-state index in [9.17, 15) is 13.2 Å². The molecule has 0 aliphatic rings. The highest BCUT2D eigenvalue weighted by Crippen LogP contribution is 2.21. The first-order chi connectivity index (χ1) is 11.4. The third kappa shape index (κ3) is 3.15. The SMILES string of the molecule is O=C(O)c1nc(NS(=O)(=O)c2ccc3ccccc3c2)ncc1Cl. The van der Waals surface area contributed by atoms with Gasteiger partial charge in [-0.2, -0.15) is 0 Å². The van der Waals surface area contributed by atoms with E-state index in [2.05, 4.69) is 14.7 Å². The number of sulfonamides is 1. The number of aromatic carboxylic acids is 1. The van der Waals surface area contributed by atoms with Crippen LogP contribution in [0.2, 0.25) is 5.02 Å². The highest BCUT2D eigenvalue weighted by molar-refractivity contribution is 7.92. The van der Waals surface area contributed by atoms with Crippen molar-refractivity contribution >= 4 is 44.3 Å². The summed E-state index contributed by atoms with van der Waals surface area (Å²) in [6.07, 6.45) is 1.02. The quantitative estimate of drug-likeness (QED) is 0.737. The number of fused-ring (bicyclic) bond motifs is 1. The third-order valence-corrected chi connectivity index (χ3v) is 4.81. The van der Waals surface area contributed by atoms with Gasteiger partial charge in [0.2, 0.25) is 5.95 Å². The average molecular weight is 364 g/mol. The van der Waals surface area contributed by atoms with Crippen LogP contribution in [0.5, 0.6) is 0 Å². The Labute approximate surface area is 142 Å². The monoisotopic (exact) mass is 363 g/mol. The van der Waals surface area contributed by atoms with Gasteiger partial charge in [-0.15, -0.1) is 0 Å². The van der Waals surface area contributed by atoms with E-state index < -0.39 is 21.7 Å². The van der Waals surface area contributed by atoms with Crippen LogP contribution in [0.4, 0.5) is 5.95 Å². The minimum atomic E-state index is -3.97. The summed E-state index contributed by atoms with van der Waals surface area (Å²) in [6, 6.07) is 11.9. The Hall–Kier alpha value is -2.71. The molecular weight excluding hydrogens is 354 g/mol. The lowest BCUT2D eigenvalue weighted by Crippen LogP contribution is -2.16. The lowest BCUT2D eigenvalue weighted by atomic mass is 10.1. The van der Waals surface area contributed by atoms with E-state index in [1.54, 1.807) is 18.2 Å². The molecule has 0 bridgehead atoms. The summed E-state index contributed by atoms with van der Waals surface area (Å²) in [5.74, 6) is -1.75. The van der Waals surface area contributed by atoms with Gasteiger partial charge in [-0.05, 0) is 22.9 Å². The summed E-state index contributed by atoms with van der Waals surface area (Å²) in [7, 11) is -3.97. The van der Waals surface area contributed by atoms with Gasteiger partial charge in [0, 0.05) is 0 Å². The van der Waals surface area contributed by atoms with E-state index >= 15 is 0 Å². The Morgan fingerprint density at radius 3 is 2.54 bits per heavy atom. The van der Waals surface area contributed by atoms with Gasteiger partial charge >= 0.3 is 5.97 Å². The molecule has 3 rings (SSSR count). The number of carboxylic acids is 1. The first-order valence-corrected chi connectivity index (χ1v) is 8.50. The van der Waals surface area contributed by atoms with Gasteiger partial charge in [0.15, 0.2) is 5.69 Å².